The number of hydrogen-bond acceptors (Lipinski definition) is 3. The Kier molecular flexibility index (Phi) is 4.04. The van der Waals surface area contributed by atoms with E-state index in [1.165, 1.54) is 18.4 Å². The maximum Gasteiger partial charge on any atom is 0.161 e. The molecule has 0 aromatic heterocycles. The molecule has 1 aromatic rings. The van der Waals surface area contributed by atoms with Crippen molar-refractivity contribution in [3.8, 4) is 11.5 Å². The van der Waals surface area contributed by atoms with Gasteiger partial charge in [0.1, 0.15) is 0 Å². The fourth-order valence-corrected chi connectivity index (χ4v) is 2.16. The van der Waals surface area contributed by atoms with Crippen LogP contribution in [0.1, 0.15) is 31.2 Å². The van der Waals surface area contributed by atoms with Gasteiger partial charge >= 0.3 is 0 Å². The van der Waals surface area contributed by atoms with Crippen LogP contribution in [0.4, 0.5) is 0 Å². The SMILES string of the molecule is C(=Cc1ccc2c(c1)OCCCO2)CCNC1CC1. The quantitative estimate of drug-likeness (QED) is 0.825. The van der Waals surface area contributed by atoms with Gasteiger partial charge in [-0.25, -0.2) is 0 Å². The molecule has 2 aliphatic rings. The number of fused-ring (bicyclic) bond motifs is 1. The topological polar surface area (TPSA) is 30.5 Å². The molecule has 1 aliphatic heterocycles. The minimum absolute atomic E-state index is 0.742. The standard InChI is InChI=1S/C16H21NO2/c1(2-9-17-14-6-7-14)4-13-5-8-15-16(12-13)19-11-3-10-18-15/h1,4-5,8,12,14,17H,2-3,6-7,9-11H2. The molecule has 3 rings (SSSR count). The molecule has 3 heteroatoms. The highest BCUT2D eigenvalue weighted by molar-refractivity contribution is 5.56. The van der Waals surface area contributed by atoms with Crippen molar-refractivity contribution < 1.29 is 9.47 Å². The van der Waals surface area contributed by atoms with Crippen molar-refractivity contribution in [1.29, 1.82) is 0 Å². The lowest BCUT2D eigenvalue weighted by atomic mass is 10.1. The van der Waals surface area contributed by atoms with E-state index in [0.29, 0.717) is 0 Å². The molecule has 1 aliphatic carbocycles. The molecule has 0 unspecified atom stereocenters. The third-order valence-electron chi connectivity index (χ3n) is 3.40. The van der Waals surface area contributed by atoms with Gasteiger partial charge in [-0.15, -0.1) is 0 Å². The van der Waals surface area contributed by atoms with Gasteiger partial charge in [-0.3, -0.25) is 0 Å². The summed E-state index contributed by atoms with van der Waals surface area (Å²) in [7, 11) is 0. The number of nitrogens with one attached hydrogen (secondary N) is 1. The van der Waals surface area contributed by atoms with E-state index in [1.807, 2.05) is 6.07 Å². The van der Waals surface area contributed by atoms with E-state index in [0.717, 1.165) is 50.1 Å². The molecular weight excluding hydrogens is 238 g/mol. The lowest BCUT2D eigenvalue weighted by Gasteiger charge is -2.07. The highest BCUT2D eigenvalue weighted by Gasteiger charge is 2.19. The van der Waals surface area contributed by atoms with Crippen LogP contribution >= 0.6 is 0 Å². The Balaban J connectivity index is 1.54. The van der Waals surface area contributed by atoms with Gasteiger partial charge in [-0.1, -0.05) is 18.2 Å². The van der Waals surface area contributed by atoms with E-state index in [-0.39, 0.29) is 0 Å². The molecule has 1 heterocycles. The number of hydrogen-bond donors (Lipinski definition) is 1. The maximum atomic E-state index is 5.69. The molecular formula is C16H21NO2. The van der Waals surface area contributed by atoms with Crippen molar-refractivity contribution in [3.05, 3.63) is 29.8 Å². The Morgan fingerprint density at radius 3 is 2.84 bits per heavy atom. The molecule has 3 nitrogen and oxygen atoms in total. The first kappa shape index (κ1) is 12.5. The highest BCUT2D eigenvalue weighted by atomic mass is 16.5. The Morgan fingerprint density at radius 1 is 1.16 bits per heavy atom. The second kappa shape index (κ2) is 6.11. The summed E-state index contributed by atoms with van der Waals surface area (Å²) in [5.74, 6) is 1.74. The maximum absolute atomic E-state index is 5.69. The smallest absolute Gasteiger partial charge is 0.161 e. The summed E-state index contributed by atoms with van der Waals surface area (Å²) in [4.78, 5) is 0. The summed E-state index contributed by atoms with van der Waals surface area (Å²) in [5, 5.41) is 3.51. The summed E-state index contributed by atoms with van der Waals surface area (Å²) in [6.45, 7) is 2.56. The summed E-state index contributed by atoms with van der Waals surface area (Å²) in [5.41, 5.74) is 1.18. The summed E-state index contributed by atoms with van der Waals surface area (Å²) >= 11 is 0. The molecule has 1 saturated carbocycles. The van der Waals surface area contributed by atoms with Gasteiger partial charge in [-0.2, -0.15) is 0 Å². The van der Waals surface area contributed by atoms with Crippen molar-refractivity contribution in [2.75, 3.05) is 19.8 Å². The first-order chi connectivity index (χ1) is 9.42. The van der Waals surface area contributed by atoms with E-state index in [9.17, 15) is 0 Å². The van der Waals surface area contributed by atoms with Crippen molar-refractivity contribution in [2.24, 2.45) is 0 Å². The zero-order valence-corrected chi connectivity index (χ0v) is 11.2. The predicted octanol–water partition coefficient (Wildman–Crippen LogP) is 3.00. The van der Waals surface area contributed by atoms with Crippen LogP contribution in [0.3, 0.4) is 0 Å². The van der Waals surface area contributed by atoms with Crippen LogP contribution in [0.25, 0.3) is 6.08 Å². The summed E-state index contributed by atoms with van der Waals surface area (Å²) in [6.07, 6.45) is 9.10. The van der Waals surface area contributed by atoms with Crippen molar-refractivity contribution in [2.45, 2.75) is 31.7 Å². The molecule has 1 aromatic carbocycles. The fourth-order valence-electron chi connectivity index (χ4n) is 2.16. The van der Waals surface area contributed by atoms with E-state index in [4.69, 9.17) is 9.47 Å². The molecule has 0 radical (unpaired) electrons. The summed E-state index contributed by atoms with van der Waals surface area (Å²) in [6, 6.07) is 6.94. The second-order valence-corrected chi connectivity index (χ2v) is 5.18. The minimum Gasteiger partial charge on any atom is -0.490 e. The van der Waals surface area contributed by atoms with Gasteiger partial charge in [0, 0.05) is 12.5 Å². The van der Waals surface area contributed by atoms with Crippen molar-refractivity contribution in [1.82, 2.24) is 5.32 Å². The lowest BCUT2D eigenvalue weighted by Crippen LogP contribution is -2.16. The van der Waals surface area contributed by atoms with E-state index in [2.05, 4.69) is 29.6 Å². The van der Waals surface area contributed by atoms with Gasteiger partial charge in [0.05, 0.1) is 13.2 Å². The average molecular weight is 259 g/mol. The van der Waals surface area contributed by atoms with Crippen LogP contribution in [-0.4, -0.2) is 25.8 Å². The molecule has 0 bridgehead atoms. The van der Waals surface area contributed by atoms with Crippen LogP contribution in [0, 0.1) is 0 Å². The Labute approximate surface area is 114 Å². The molecule has 1 N–H and O–H groups in total. The van der Waals surface area contributed by atoms with Crippen LogP contribution in [0.5, 0.6) is 11.5 Å². The second-order valence-electron chi connectivity index (χ2n) is 5.18. The van der Waals surface area contributed by atoms with Gasteiger partial charge in [0.15, 0.2) is 11.5 Å². The normalized spacial score (nSPS) is 18.5. The number of rotatable bonds is 5. The van der Waals surface area contributed by atoms with Crippen LogP contribution < -0.4 is 14.8 Å². The van der Waals surface area contributed by atoms with Crippen LogP contribution in [0.15, 0.2) is 24.3 Å². The molecule has 0 amide bonds. The first-order valence-corrected chi connectivity index (χ1v) is 7.21. The first-order valence-electron chi connectivity index (χ1n) is 7.21. The zero-order chi connectivity index (χ0) is 12.9. The van der Waals surface area contributed by atoms with Crippen LogP contribution in [0.2, 0.25) is 0 Å². The molecule has 0 spiro atoms. The number of benzene rings is 1. The molecule has 1 fully saturated rings. The highest BCUT2D eigenvalue weighted by Crippen LogP contribution is 2.30. The van der Waals surface area contributed by atoms with Crippen molar-refractivity contribution in [3.63, 3.8) is 0 Å². The van der Waals surface area contributed by atoms with E-state index >= 15 is 0 Å². The van der Waals surface area contributed by atoms with Gasteiger partial charge in [-0.05, 0) is 43.5 Å². The number of ether oxygens (including phenoxy) is 2. The largest absolute Gasteiger partial charge is 0.490 e. The summed E-state index contributed by atoms with van der Waals surface area (Å²) < 4.78 is 11.3. The van der Waals surface area contributed by atoms with E-state index < -0.39 is 0 Å². The molecule has 19 heavy (non-hydrogen) atoms. The van der Waals surface area contributed by atoms with Crippen LogP contribution in [-0.2, 0) is 0 Å². The third kappa shape index (κ3) is 3.74. The average Bonchev–Trinajstić information content (AvgIpc) is 3.24. The Hall–Kier alpha value is -1.48. The molecule has 102 valence electrons. The molecule has 0 atom stereocenters. The Bertz CT molecular complexity index is 452. The predicted molar refractivity (Wildman–Crippen MR) is 76.7 cm³/mol. The minimum atomic E-state index is 0.742. The molecule has 0 saturated heterocycles. The van der Waals surface area contributed by atoms with Crippen molar-refractivity contribution >= 4 is 6.08 Å². The monoisotopic (exact) mass is 259 g/mol. The van der Waals surface area contributed by atoms with Gasteiger partial charge in [0.2, 0.25) is 0 Å². The van der Waals surface area contributed by atoms with Gasteiger partial charge in [0.25, 0.3) is 0 Å². The lowest BCUT2D eigenvalue weighted by molar-refractivity contribution is 0.297. The van der Waals surface area contributed by atoms with Gasteiger partial charge < -0.3 is 14.8 Å². The van der Waals surface area contributed by atoms with E-state index in [1.54, 1.807) is 0 Å². The third-order valence-corrected chi connectivity index (χ3v) is 3.40. The Morgan fingerprint density at radius 2 is 2.00 bits per heavy atom. The zero-order valence-electron chi connectivity index (χ0n) is 11.2. The fraction of sp³-hybridized carbons (Fsp3) is 0.500.